The number of benzene rings is 2. The standard InChI is InChI=1S/C18H15Cl2NO3/c19-15-8-6-14(16(20)10-15)7-9-17(22)21-11-18(23)24-12-13-4-2-1-3-5-13/h1-10H,11-12H2,(H,21,22)/b9-7+. The van der Waals surface area contributed by atoms with Crippen LogP contribution in [0.5, 0.6) is 0 Å². The lowest BCUT2D eigenvalue weighted by Gasteiger charge is -2.05. The van der Waals surface area contributed by atoms with Crippen LogP contribution >= 0.6 is 23.2 Å². The molecule has 0 atom stereocenters. The molecule has 1 N–H and O–H groups in total. The van der Waals surface area contributed by atoms with Crippen LogP contribution in [0.3, 0.4) is 0 Å². The fourth-order valence-electron chi connectivity index (χ4n) is 1.81. The average Bonchev–Trinajstić information content (AvgIpc) is 2.58. The van der Waals surface area contributed by atoms with Gasteiger partial charge in [0.1, 0.15) is 13.2 Å². The second-order valence-electron chi connectivity index (χ2n) is 4.86. The Kier molecular flexibility index (Phi) is 6.85. The van der Waals surface area contributed by atoms with Crippen molar-refractivity contribution in [3.05, 3.63) is 75.8 Å². The zero-order chi connectivity index (χ0) is 17.4. The number of nitrogens with one attached hydrogen (secondary N) is 1. The molecule has 1 amide bonds. The first-order valence-electron chi connectivity index (χ1n) is 7.15. The van der Waals surface area contributed by atoms with E-state index in [-0.39, 0.29) is 13.2 Å². The molecule has 0 heterocycles. The maximum atomic E-state index is 11.7. The van der Waals surface area contributed by atoms with Crippen molar-refractivity contribution in [3.63, 3.8) is 0 Å². The quantitative estimate of drug-likeness (QED) is 0.626. The number of amides is 1. The Labute approximate surface area is 150 Å². The van der Waals surface area contributed by atoms with Crippen molar-refractivity contribution >= 4 is 41.2 Å². The van der Waals surface area contributed by atoms with Gasteiger partial charge in [-0.2, -0.15) is 0 Å². The Balaban J connectivity index is 1.76. The number of halogens is 2. The van der Waals surface area contributed by atoms with E-state index in [1.54, 1.807) is 24.3 Å². The monoisotopic (exact) mass is 363 g/mol. The maximum Gasteiger partial charge on any atom is 0.325 e. The highest BCUT2D eigenvalue weighted by atomic mass is 35.5. The third kappa shape index (κ3) is 6.07. The zero-order valence-corrected chi connectivity index (χ0v) is 14.2. The molecule has 0 aliphatic rings. The van der Waals surface area contributed by atoms with Gasteiger partial charge in [-0.15, -0.1) is 0 Å². The molecule has 0 radical (unpaired) electrons. The summed E-state index contributed by atoms with van der Waals surface area (Å²) in [4.78, 5) is 23.3. The molecule has 24 heavy (non-hydrogen) atoms. The Morgan fingerprint density at radius 2 is 1.83 bits per heavy atom. The maximum absolute atomic E-state index is 11.7. The van der Waals surface area contributed by atoms with E-state index in [2.05, 4.69) is 5.32 Å². The molecule has 4 nitrogen and oxygen atoms in total. The molecule has 0 aromatic heterocycles. The number of rotatable bonds is 6. The fourth-order valence-corrected chi connectivity index (χ4v) is 2.28. The lowest BCUT2D eigenvalue weighted by Crippen LogP contribution is -2.29. The summed E-state index contributed by atoms with van der Waals surface area (Å²) in [5, 5.41) is 3.41. The third-order valence-corrected chi connectivity index (χ3v) is 3.59. The molecule has 0 aliphatic carbocycles. The van der Waals surface area contributed by atoms with Gasteiger partial charge in [-0.3, -0.25) is 9.59 Å². The number of carbonyl (C=O) groups is 2. The molecule has 2 rings (SSSR count). The van der Waals surface area contributed by atoms with E-state index in [1.165, 1.54) is 6.08 Å². The minimum atomic E-state index is -0.509. The molecule has 0 bridgehead atoms. The van der Waals surface area contributed by atoms with E-state index in [0.717, 1.165) is 5.56 Å². The molecule has 124 valence electrons. The predicted octanol–water partition coefficient (Wildman–Crippen LogP) is 3.87. The van der Waals surface area contributed by atoms with Crippen LogP contribution in [0.4, 0.5) is 0 Å². The minimum Gasteiger partial charge on any atom is -0.460 e. The van der Waals surface area contributed by atoms with Gasteiger partial charge in [0.05, 0.1) is 0 Å². The average molecular weight is 364 g/mol. The highest BCUT2D eigenvalue weighted by molar-refractivity contribution is 6.35. The summed E-state index contributed by atoms with van der Waals surface area (Å²) in [5.41, 5.74) is 1.54. The smallest absolute Gasteiger partial charge is 0.325 e. The van der Waals surface area contributed by atoms with Crippen molar-refractivity contribution < 1.29 is 14.3 Å². The van der Waals surface area contributed by atoms with E-state index in [0.29, 0.717) is 15.6 Å². The number of hydrogen-bond donors (Lipinski definition) is 1. The zero-order valence-electron chi connectivity index (χ0n) is 12.7. The summed E-state index contributed by atoms with van der Waals surface area (Å²) in [5.74, 6) is -0.928. The van der Waals surface area contributed by atoms with Gasteiger partial charge in [-0.25, -0.2) is 0 Å². The molecule has 0 aliphatic heterocycles. The van der Waals surface area contributed by atoms with Gasteiger partial charge in [0.25, 0.3) is 0 Å². The Bertz CT molecular complexity index is 745. The summed E-state index contributed by atoms with van der Waals surface area (Å²) in [7, 11) is 0. The van der Waals surface area contributed by atoms with Gasteiger partial charge in [0, 0.05) is 16.1 Å². The number of carbonyl (C=O) groups excluding carboxylic acids is 2. The first-order chi connectivity index (χ1) is 11.5. The number of esters is 1. The highest BCUT2D eigenvalue weighted by Gasteiger charge is 2.05. The van der Waals surface area contributed by atoms with Gasteiger partial charge in [0.15, 0.2) is 0 Å². The van der Waals surface area contributed by atoms with E-state index in [9.17, 15) is 9.59 Å². The molecule has 2 aromatic rings. The molecule has 2 aromatic carbocycles. The van der Waals surface area contributed by atoms with Crippen LogP contribution in [-0.2, 0) is 20.9 Å². The van der Waals surface area contributed by atoms with E-state index in [4.69, 9.17) is 27.9 Å². The van der Waals surface area contributed by atoms with Crippen molar-refractivity contribution in [2.75, 3.05) is 6.54 Å². The van der Waals surface area contributed by atoms with Crippen molar-refractivity contribution in [1.29, 1.82) is 0 Å². The van der Waals surface area contributed by atoms with E-state index in [1.807, 2.05) is 30.3 Å². The van der Waals surface area contributed by atoms with Gasteiger partial charge < -0.3 is 10.1 Å². The summed E-state index contributed by atoms with van der Waals surface area (Å²) in [6.07, 6.45) is 2.84. The van der Waals surface area contributed by atoms with Gasteiger partial charge >= 0.3 is 5.97 Å². The molecular weight excluding hydrogens is 349 g/mol. The molecule has 0 spiro atoms. The van der Waals surface area contributed by atoms with E-state index < -0.39 is 11.9 Å². The summed E-state index contributed by atoms with van der Waals surface area (Å²) in [6, 6.07) is 14.3. The first kappa shape index (κ1) is 18.0. The second kappa shape index (κ2) is 9.11. The van der Waals surface area contributed by atoms with Crippen LogP contribution in [0.2, 0.25) is 10.0 Å². The summed E-state index contributed by atoms with van der Waals surface area (Å²) >= 11 is 11.8. The molecule has 0 saturated carbocycles. The lowest BCUT2D eigenvalue weighted by molar-refractivity contribution is -0.144. The number of hydrogen-bond acceptors (Lipinski definition) is 3. The Hall–Kier alpha value is -2.30. The topological polar surface area (TPSA) is 55.4 Å². The van der Waals surface area contributed by atoms with Crippen LogP contribution in [-0.4, -0.2) is 18.4 Å². The molecule has 0 unspecified atom stereocenters. The lowest BCUT2D eigenvalue weighted by atomic mass is 10.2. The fraction of sp³-hybridized carbons (Fsp3) is 0.111. The van der Waals surface area contributed by atoms with Crippen LogP contribution in [0.15, 0.2) is 54.6 Å². The number of ether oxygens (including phenoxy) is 1. The van der Waals surface area contributed by atoms with Crippen molar-refractivity contribution in [2.45, 2.75) is 6.61 Å². The summed E-state index contributed by atoms with van der Waals surface area (Å²) in [6.45, 7) is -0.0316. The largest absolute Gasteiger partial charge is 0.460 e. The summed E-state index contributed by atoms with van der Waals surface area (Å²) < 4.78 is 5.06. The minimum absolute atomic E-state index is 0.172. The third-order valence-electron chi connectivity index (χ3n) is 3.03. The molecule has 6 heteroatoms. The Morgan fingerprint density at radius 3 is 2.54 bits per heavy atom. The normalized spacial score (nSPS) is 10.6. The van der Waals surface area contributed by atoms with Crippen LogP contribution in [0.25, 0.3) is 6.08 Å². The molecule has 0 saturated heterocycles. The van der Waals surface area contributed by atoms with Crippen LogP contribution < -0.4 is 5.32 Å². The Morgan fingerprint density at radius 1 is 1.08 bits per heavy atom. The van der Waals surface area contributed by atoms with Gasteiger partial charge in [0.2, 0.25) is 5.91 Å². The highest BCUT2D eigenvalue weighted by Crippen LogP contribution is 2.21. The van der Waals surface area contributed by atoms with Gasteiger partial charge in [-0.05, 0) is 29.3 Å². The SMILES string of the molecule is O=C(/C=C/c1ccc(Cl)cc1Cl)NCC(=O)OCc1ccccc1. The van der Waals surface area contributed by atoms with Crippen molar-refractivity contribution in [3.8, 4) is 0 Å². The van der Waals surface area contributed by atoms with E-state index >= 15 is 0 Å². The van der Waals surface area contributed by atoms with Crippen molar-refractivity contribution in [2.24, 2.45) is 0 Å². The van der Waals surface area contributed by atoms with Crippen molar-refractivity contribution in [1.82, 2.24) is 5.32 Å². The molecular formula is C18H15Cl2NO3. The molecule has 0 fully saturated rings. The van der Waals surface area contributed by atoms with Gasteiger partial charge in [-0.1, -0.05) is 59.6 Å². The van der Waals surface area contributed by atoms with Crippen LogP contribution in [0, 0.1) is 0 Å². The second-order valence-corrected chi connectivity index (χ2v) is 5.71. The first-order valence-corrected chi connectivity index (χ1v) is 7.91. The van der Waals surface area contributed by atoms with Crippen LogP contribution in [0.1, 0.15) is 11.1 Å². The predicted molar refractivity (Wildman–Crippen MR) is 94.7 cm³/mol.